The molecule has 1 N–H and O–H groups in total. The average molecular weight is 371 g/mol. The fraction of sp³-hybridized carbons (Fsp3) is 0.533. The van der Waals surface area contributed by atoms with Gasteiger partial charge in [0.1, 0.15) is 0 Å². The lowest BCUT2D eigenvalue weighted by molar-refractivity contribution is 0.0696. The maximum absolute atomic E-state index is 11.3. The number of piperidine rings is 1. The van der Waals surface area contributed by atoms with Gasteiger partial charge in [-0.05, 0) is 71.9 Å². The van der Waals surface area contributed by atoms with Crippen LogP contribution in [0.3, 0.4) is 0 Å². The van der Waals surface area contributed by atoms with Gasteiger partial charge in [0, 0.05) is 16.7 Å². The third-order valence-electron chi connectivity index (χ3n) is 4.77. The van der Waals surface area contributed by atoms with E-state index in [4.69, 9.17) is 0 Å². The van der Waals surface area contributed by atoms with E-state index in [0.717, 1.165) is 22.3 Å². The lowest BCUT2D eigenvalue weighted by atomic mass is 9.63. The van der Waals surface area contributed by atoms with Gasteiger partial charge in [-0.3, -0.25) is 0 Å². The lowest BCUT2D eigenvalue weighted by Gasteiger charge is -2.48. The number of benzene rings is 1. The number of nitrogens with zero attached hydrogens (tertiary/aromatic N) is 1. The summed E-state index contributed by atoms with van der Waals surface area (Å²) in [6.45, 7) is 2.00. The van der Waals surface area contributed by atoms with Crippen LogP contribution in [0.25, 0.3) is 0 Å². The average Bonchev–Trinajstić information content (AvgIpc) is 2.36. The van der Waals surface area contributed by atoms with E-state index in [1.165, 1.54) is 32.1 Å². The molecule has 0 radical (unpaired) electrons. The zero-order chi connectivity index (χ0) is 13.5. The first kappa shape index (κ1) is 13.2. The van der Waals surface area contributed by atoms with Crippen LogP contribution in [0.2, 0.25) is 0 Å². The number of hydrogen-bond donors (Lipinski definition) is 1. The van der Waals surface area contributed by atoms with Gasteiger partial charge in [0.25, 0.3) is 0 Å². The molecule has 1 aliphatic heterocycles. The van der Waals surface area contributed by atoms with E-state index in [1.54, 1.807) is 6.07 Å². The second kappa shape index (κ2) is 4.96. The van der Waals surface area contributed by atoms with Crippen LogP contribution in [0.1, 0.15) is 42.5 Å². The first-order valence-electron chi connectivity index (χ1n) is 6.88. The summed E-state index contributed by atoms with van der Waals surface area (Å²) < 4.78 is 1.10. The highest BCUT2D eigenvalue weighted by atomic mass is 127. The number of hydrogen-bond acceptors (Lipinski definition) is 2. The molecule has 1 aromatic carbocycles. The van der Waals surface area contributed by atoms with Gasteiger partial charge in [-0.2, -0.15) is 0 Å². The first-order valence-corrected chi connectivity index (χ1v) is 7.95. The molecule has 1 heterocycles. The lowest BCUT2D eigenvalue weighted by Crippen LogP contribution is -2.44. The van der Waals surface area contributed by atoms with Crippen LogP contribution in [0.4, 0.5) is 5.69 Å². The van der Waals surface area contributed by atoms with Crippen molar-refractivity contribution in [2.45, 2.75) is 32.1 Å². The zero-order valence-corrected chi connectivity index (χ0v) is 13.0. The van der Waals surface area contributed by atoms with Gasteiger partial charge in [-0.1, -0.05) is 6.42 Å². The van der Waals surface area contributed by atoms with Crippen LogP contribution in [0, 0.1) is 8.99 Å². The summed E-state index contributed by atoms with van der Waals surface area (Å²) in [6.07, 6.45) is 6.57. The Hall–Kier alpha value is -0.780. The fourth-order valence-corrected chi connectivity index (χ4v) is 3.82. The Labute approximate surface area is 127 Å². The standard InChI is InChI=1S/C15H18INO2/c16-11-2-3-12(14(18)19)13(10-11)17-8-6-15(7-9-17)4-1-5-15/h2-3,10H,1,4-9H2,(H,18,19). The molecule has 0 amide bonds. The molecule has 0 bridgehead atoms. The van der Waals surface area contributed by atoms with Crippen LogP contribution in [0.15, 0.2) is 18.2 Å². The molecular formula is C15H18INO2. The minimum absolute atomic E-state index is 0.435. The largest absolute Gasteiger partial charge is 0.478 e. The Balaban J connectivity index is 1.82. The van der Waals surface area contributed by atoms with Crippen molar-refractivity contribution in [3.05, 3.63) is 27.3 Å². The maximum Gasteiger partial charge on any atom is 0.337 e. The smallest absolute Gasteiger partial charge is 0.337 e. The van der Waals surface area contributed by atoms with Gasteiger partial charge >= 0.3 is 5.97 Å². The minimum atomic E-state index is -0.824. The Kier molecular flexibility index (Phi) is 3.45. The van der Waals surface area contributed by atoms with E-state index in [0.29, 0.717) is 11.0 Å². The van der Waals surface area contributed by atoms with Crippen molar-refractivity contribution < 1.29 is 9.90 Å². The summed E-state index contributed by atoms with van der Waals surface area (Å²) in [7, 11) is 0. The van der Waals surface area contributed by atoms with E-state index in [-0.39, 0.29) is 0 Å². The summed E-state index contributed by atoms with van der Waals surface area (Å²) >= 11 is 2.25. The number of carboxylic acid groups (broad SMARTS) is 1. The predicted octanol–water partition coefficient (Wildman–Crippen LogP) is 3.76. The number of carbonyl (C=O) groups is 1. The molecule has 4 heteroatoms. The van der Waals surface area contributed by atoms with Gasteiger partial charge < -0.3 is 10.0 Å². The molecule has 1 aliphatic carbocycles. The van der Waals surface area contributed by atoms with E-state index in [2.05, 4.69) is 27.5 Å². The van der Waals surface area contributed by atoms with Crippen molar-refractivity contribution >= 4 is 34.2 Å². The van der Waals surface area contributed by atoms with Crippen LogP contribution in [-0.2, 0) is 0 Å². The van der Waals surface area contributed by atoms with Gasteiger partial charge in [-0.25, -0.2) is 4.79 Å². The molecule has 1 saturated heterocycles. The van der Waals surface area contributed by atoms with Crippen molar-refractivity contribution in [1.29, 1.82) is 0 Å². The van der Waals surface area contributed by atoms with Crippen molar-refractivity contribution in [1.82, 2.24) is 0 Å². The van der Waals surface area contributed by atoms with Crippen molar-refractivity contribution in [2.24, 2.45) is 5.41 Å². The quantitative estimate of drug-likeness (QED) is 0.805. The summed E-state index contributed by atoms with van der Waals surface area (Å²) in [5, 5.41) is 9.32. The van der Waals surface area contributed by atoms with Crippen LogP contribution in [-0.4, -0.2) is 24.2 Å². The van der Waals surface area contributed by atoms with Crippen molar-refractivity contribution in [2.75, 3.05) is 18.0 Å². The van der Waals surface area contributed by atoms with Gasteiger partial charge in [-0.15, -0.1) is 0 Å². The van der Waals surface area contributed by atoms with Crippen LogP contribution in [0.5, 0.6) is 0 Å². The van der Waals surface area contributed by atoms with Crippen LogP contribution < -0.4 is 4.90 Å². The van der Waals surface area contributed by atoms with Gasteiger partial charge in [0.2, 0.25) is 0 Å². The van der Waals surface area contributed by atoms with E-state index in [9.17, 15) is 9.90 Å². The number of rotatable bonds is 2. The summed E-state index contributed by atoms with van der Waals surface area (Å²) in [4.78, 5) is 13.6. The second-order valence-electron chi connectivity index (χ2n) is 5.81. The molecule has 102 valence electrons. The highest BCUT2D eigenvalue weighted by Crippen LogP contribution is 2.49. The fourth-order valence-electron chi connectivity index (χ4n) is 3.35. The monoisotopic (exact) mass is 371 g/mol. The topological polar surface area (TPSA) is 40.5 Å². The molecule has 1 spiro atoms. The molecule has 3 nitrogen and oxygen atoms in total. The molecule has 1 aromatic rings. The summed E-state index contributed by atoms with van der Waals surface area (Å²) in [5.41, 5.74) is 1.93. The molecule has 3 rings (SSSR count). The highest BCUT2D eigenvalue weighted by Gasteiger charge is 2.39. The first-order chi connectivity index (χ1) is 9.10. The highest BCUT2D eigenvalue weighted by molar-refractivity contribution is 14.1. The number of halogens is 1. The Morgan fingerprint density at radius 1 is 1.21 bits per heavy atom. The molecule has 0 aromatic heterocycles. The number of anilines is 1. The molecule has 0 unspecified atom stereocenters. The van der Waals surface area contributed by atoms with Crippen LogP contribution >= 0.6 is 22.6 Å². The third kappa shape index (κ3) is 2.47. The third-order valence-corrected chi connectivity index (χ3v) is 5.44. The Bertz CT molecular complexity index is 501. The number of carboxylic acids is 1. The number of aromatic carboxylic acids is 1. The van der Waals surface area contributed by atoms with E-state index in [1.807, 2.05) is 12.1 Å². The molecule has 2 fully saturated rings. The molecule has 2 aliphatic rings. The maximum atomic E-state index is 11.3. The molecular weight excluding hydrogens is 353 g/mol. The summed E-state index contributed by atoms with van der Waals surface area (Å²) in [5.74, 6) is -0.824. The van der Waals surface area contributed by atoms with E-state index >= 15 is 0 Å². The second-order valence-corrected chi connectivity index (χ2v) is 7.05. The Morgan fingerprint density at radius 3 is 2.42 bits per heavy atom. The molecule has 19 heavy (non-hydrogen) atoms. The molecule has 0 atom stereocenters. The predicted molar refractivity (Wildman–Crippen MR) is 83.8 cm³/mol. The van der Waals surface area contributed by atoms with E-state index < -0.39 is 5.97 Å². The summed E-state index contributed by atoms with van der Waals surface area (Å²) in [6, 6.07) is 5.60. The molecule has 1 saturated carbocycles. The SMILES string of the molecule is O=C(O)c1ccc(I)cc1N1CCC2(CCC2)CC1. The zero-order valence-electron chi connectivity index (χ0n) is 10.9. The van der Waals surface area contributed by atoms with Gasteiger partial charge in [0.15, 0.2) is 0 Å². The van der Waals surface area contributed by atoms with Crippen molar-refractivity contribution in [3.8, 4) is 0 Å². The van der Waals surface area contributed by atoms with Crippen molar-refractivity contribution in [3.63, 3.8) is 0 Å². The van der Waals surface area contributed by atoms with Gasteiger partial charge in [0.05, 0.1) is 11.3 Å². The Morgan fingerprint density at radius 2 is 1.89 bits per heavy atom. The normalized spacial score (nSPS) is 21.2. The minimum Gasteiger partial charge on any atom is -0.478 e.